The molecule has 0 spiro atoms. The average molecular weight is 513 g/mol. The molecule has 2 heterocycles. The number of amides is 1. The molecule has 1 amide bonds. The van der Waals surface area contributed by atoms with E-state index in [-0.39, 0.29) is 17.3 Å². The molecule has 0 saturated heterocycles. The maximum absolute atomic E-state index is 12.9. The van der Waals surface area contributed by atoms with Crippen LogP contribution in [-0.2, 0) is 27.1 Å². The minimum Gasteiger partial charge on any atom is -0.462 e. The van der Waals surface area contributed by atoms with Gasteiger partial charge in [0, 0.05) is 11.1 Å². The van der Waals surface area contributed by atoms with Crippen molar-refractivity contribution < 1.29 is 23.9 Å². The maximum Gasteiger partial charge on any atom is 0.342 e. The quantitative estimate of drug-likeness (QED) is 0.335. The normalized spacial score (nSPS) is 15.6. The summed E-state index contributed by atoms with van der Waals surface area (Å²) in [6.07, 6.45) is 2.71. The van der Waals surface area contributed by atoms with Gasteiger partial charge in [0.2, 0.25) is 0 Å². The molecule has 2 atom stereocenters. The van der Waals surface area contributed by atoms with Gasteiger partial charge in [0.1, 0.15) is 10.2 Å². The number of aromatic nitrogens is 1. The van der Waals surface area contributed by atoms with Gasteiger partial charge in [-0.2, -0.15) is 0 Å². The van der Waals surface area contributed by atoms with Crippen LogP contribution in [0.25, 0.3) is 0 Å². The number of anilines is 1. The first-order valence-corrected chi connectivity index (χ1v) is 12.6. The van der Waals surface area contributed by atoms with Crippen molar-refractivity contribution in [3.63, 3.8) is 0 Å². The second-order valence-electron chi connectivity index (χ2n) is 8.16. The van der Waals surface area contributed by atoms with Crippen LogP contribution in [0.5, 0.6) is 0 Å². The fraction of sp³-hybridized carbons (Fsp3) is 0.308. The minimum atomic E-state index is -1.12. The van der Waals surface area contributed by atoms with Gasteiger partial charge in [0.05, 0.1) is 17.7 Å². The van der Waals surface area contributed by atoms with Crippen LogP contribution in [0.3, 0.4) is 0 Å². The number of hydrogen-bond acceptors (Lipinski definition) is 7. The fourth-order valence-corrected chi connectivity index (χ4v) is 5.65. The van der Waals surface area contributed by atoms with Gasteiger partial charge in [0.25, 0.3) is 5.91 Å². The van der Waals surface area contributed by atoms with Crippen LogP contribution in [0.2, 0.25) is 5.15 Å². The van der Waals surface area contributed by atoms with Crippen LogP contribution in [0.15, 0.2) is 48.7 Å². The molecule has 0 radical (unpaired) electrons. The molecule has 0 aliphatic heterocycles. The van der Waals surface area contributed by atoms with Crippen molar-refractivity contribution >= 4 is 45.8 Å². The van der Waals surface area contributed by atoms with Gasteiger partial charge < -0.3 is 14.8 Å². The zero-order chi connectivity index (χ0) is 24.9. The molecule has 1 N–H and O–H groups in total. The predicted octanol–water partition coefficient (Wildman–Crippen LogP) is 5.43. The van der Waals surface area contributed by atoms with E-state index in [1.165, 1.54) is 36.1 Å². The maximum atomic E-state index is 12.9. The summed E-state index contributed by atoms with van der Waals surface area (Å²) < 4.78 is 10.6. The average Bonchev–Trinajstić information content (AvgIpc) is 3.21. The van der Waals surface area contributed by atoms with Crippen LogP contribution in [-0.4, -0.2) is 35.5 Å². The Balaban J connectivity index is 1.54. The van der Waals surface area contributed by atoms with E-state index >= 15 is 0 Å². The number of benzene rings is 1. The van der Waals surface area contributed by atoms with E-state index < -0.39 is 23.9 Å². The Labute approximate surface area is 212 Å². The third kappa shape index (κ3) is 5.55. The molecule has 1 aromatic carbocycles. The summed E-state index contributed by atoms with van der Waals surface area (Å²) in [6.45, 7) is 3.43. The van der Waals surface area contributed by atoms with E-state index in [0.29, 0.717) is 22.9 Å². The summed E-state index contributed by atoms with van der Waals surface area (Å²) in [5.74, 6) is -1.44. The zero-order valence-electron chi connectivity index (χ0n) is 19.4. The summed E-state index contributed by atoms with van der Waals surface area (Å²) in [6, 6.07) is 13.3. The number of carbonyl (C=O) groups is 3. The Morgan fingerprint density at radius 2 is 1.94 bits per heavy atom. The number of pyridine rings is 1. The van der Waals surface area contributed by atoms with Crippen LogP contribution in [0.4, 0.5) is 5.00 Å². The summed E-state index contributed by atoms with van der Waals surface area (Å²) in [7, 11) is 0. The number of nitrogens with one attached hydrogen (secondary N) is 1. The molecule has 182 valence electrons. The first-order chi connectivity index (χ1) is 16.9. The van der Waals surface area contributed by atoms with Crippen molar-refractivity contribution in [2.24, 2.45) is 0 Å². The Bertz CT molecular complexity index is 1240. The molecule has 35 heavy (non-hydrogen) atoms. The first kappa shape index (κ1) is 24.9. The monoisotopic (exact) mass is 512 g/mol. The molecule has 2 aromatic heterocycles. The fourth-order valence-electron chi connectivity index (χ4n) is 4.13. The number of carbonyl (C=O) groups excluding carboxylic acids is 3. The molecule has 2 unspecified atom stereocenters. The van der Waals surface area contributed by atoms with Gasteiger partial charge >= 0.3 is 11.9 Å². The highest BCUT2D eigenvalue weighted by atomic mass is 35.5. The number of fused-ring (bicyclic) bond motifs is 1. The summed E-state index contributed by atoms with van der Waals surface area (Å²) in [5, 5.41) is 3.19. The lowest BCUT2D eigenvalue weighted by molar-refractivity contribution is -0.123. The molecule has 0 fully saturated rings. The van der Waals surface area contributed by atoms with Crippen LogP contribution in [0.1, 0.15) is 62.9 Å². The number of hydrogen-bond donors (Lipinski definition) is 1. The van der Waals surface area contributed by atoms with Crippen LogP contribution in [0, 0.1) is 0 Å². The van der Waals surface area contributed by atoms with Gasteiger partial charge in [0.15, 0.2) is 6.10 Å². The Morgan fingerprint density at radius 3 is 2.66 bits per heavy atom. The Morgan fingerprint density at radius 1 is 1.17 bits per heavy atom. The number of rotatable bonds is 7. The Hall–Kier alpha value is -3.23. The van der Waals surface area contributed by atoms with Crippen molar-refractivity contribution in [1.82, 2.24) is 4.98 Å². The lowest BCUT2D eigenvalue weighted by Crippen LogP contribution is -2.30. The third-order valence-electron chi connectivity index (χ3n) is 5.88. The lowest BCUT2D eigenvalue weighted by atomic mass is 9.83. The zero-order valence-corrected chi connectivity index (χ0v) is 20.9. The summed E-state index contributed by atoms with van der Waals surface area (Å²) >= 11 is 7.32. The van der Waals surface area contributed by atoms with Crippen molar-refractivity contribution in [2.75, 3.05) is 11.9 Å². The van der Waals surface area contributed by atoms with E-state index in [1.54, 1.807) is 13.0 Å². The molecule has 3 aromatic rings. The molecular formula is C26H25ClN2O5S. The SMILES string of the molecule is CCOC(=O)c1c(NC(=O)C(C)OC(=O)c2cccnc2Cl)sc2c1CCC(c1ccccc1)C2. The van der Waals surface area contributed by atoms with Crippen molar-refractivity contribution in [2.45, 2.75) is 45.1 Å². The van der Waals surface area contributed by atoms with Crippen molar-refractivity contribution in [1.29, 1.82) is 0 Å². The van der Waals surface area contributed by atoms with Crippen LogP contribution < -0.4 is 5.32 Å². The largest absolute Gasteiger partial charge is 0.462 e. The second-order valence-corrected chi connectivity index (χ2v) is 9.62. The number of nitrogens with zero attached hydrogens (tertiary/aromatic N) is 1. The van der Waals surface area contributed by atoms with Gasteiger partial charge in [-0.25, -0.2) is 14.6 Å². The molecular weight excluding hydrogens is 488 g/mol. The van der Waals surface area contributed by atoms with E-state index in [0.717, 1.165) is 23.3 Å². The first-order valence-electron chi connectivity index (χ1n) is 11.4. The van der Waals surface area contributed by atoms with Gasteiger partial charge in [-0.05, 0) is 62.3 Å². The third-order valence-corrected chi connectivity index (χ3v) is 7.36. The smallest absolute Gasteiger partial charge is 0.342 e. The Kier molecular flexibility index (Phi) is 7.83. The van der Waals surface area contributed by atoms with E-state index in [2.05, 4.69) is 22.4 Å². The van der Waals surface area contributed by atoms with Gasteiger partial charge in [-0.15, -0.1) is 11.3 Å². The van der Waals surface area contributed by atoms with E-state index in [9.17, 15) is 14.4 Å². The molecule has 9 heteroatoms. The second kappa shape index (κ2) is 11.0. The number of ether oxygens (including phenoxy) is 2. The predicted molar refractivity (Wildman–Crippen MR) is 134 cm³/mol. The highest BCUT2D eigenvalue weighted by Gasteiger charge is 2.32. The number of thiophene rings is 1. The standard InChI is InChI=1S/C26H25ClN2O5S/c1-3-33-26(32)21-18-12-11-17(16-8-5-4-6-9-16)14-20(18)35-24(21)29-23(30)15(2)34-25(31)19-10-7-13-28-22(19)27/h4-10,13,15,17H,3,11-12,14H2,1-2H3,(H,29,30). The summed E-state index contributed by atoms with van der Waals surface area (Å²) in [4.78, 5) is 43.1. The van der Waals surface area contributed by atoms with E-state index in [4.69, 9.17) is 21.1 Å². The highest BCUT2D eigenvalue weighted by molar-refractivity contribution is 7.17. The van der Waals surface area contributed by atoms with Gasteiger partial charge in [-0.1, -0.05) is 41.9 Å². The van der Waals surface area contributed by atoms with Crippen molar-refractivity contribution in [3.8, 4) is 0 Å². The van der Waals surface area contributed by atoms with E-state index in [1.807, 2.05) is 18.2 Å². The number of halogens is 1. The minimum absolute atomic E-state index is 0.00592. The van der Waals surface area contributed by atoms with Crippen molar-refractivity contribution in [3.05, 3.63) is 80.9 Å². The molecule has 4 rings (SSSR count). The molecule has 7 nitrogen and oxygen atoms in total. The lowest BCUT2D eigenvalue weighted by Gasteiger charge is -2.23. The van der Waals surface area contributed by atoms with Gasteiger partial charge in [-0.3, -0.25) is 4.79 Å². The topological polar surface area (TPSA) is 94.6 Å². The number of esters is 2. The molecule has 0 saturated carbocycles. The van der Waals surface area contributed by atoms with Crippen LogP contribution >= 0.6 is 22.9 Å². The molecule has 1 aliphatic carbocycles. The molecule has 0 bridgehead atoms. The highest BCUT2D eigenvalue weighted by Crippen LogP contribution is 2.42. The summed E-state index contributed by atoms with van der Waals surface area (Å²) in [5.41, 5.74) is 2.63. The molecule has 1 aliphatic rings.